The molecule has 0 aliphatic heterocycles. The summed E-state index contributed by atoms with van der Waals surface area (Å²) < 4.78 is 3.28. The number of aromatic nitrogens is 2. The predicted molar refractivity (Wildman–Crippen MR) is 101 cm³/mol. The predicted octanol–water partition coefficient (Wildman–Crippen LogP) is 4.57. The van der Waals surface area contributed by atoms with Gasteiger partial charge in [0, 0.05) is 29.9 Å². The third-order valence-electron chi connectivity index (χ3n) is 3.69. The van der Waals surface area contributed by atoms with Gasteiger partial charge in [-0.1, -0.05) is 46.3 Å². The second-order valence-corrected chi connectivity index (χ2v) is 6.74. The van der Waals surface area contributed by atoms with Gasteiger partial charge in [-0.2, -0.15) is 0 Å². The fraction of sp³-hybridized carbons (Fsp3) is 0.111. The van der Waals surface area contributed by atoms with Crippen LogP contribution in [-0.2, 0) is 6.54 Å². The Kier molecular flexibility index (Phi) is 4.97. The van der Waals surface area contributed by atoms with Gasteiger partial charge in [0.15, 0.2) is 4.77 Å². The maximum atomic E-state index is 12.9. The molecule has 2 aromatic carbocycles. The van der Waals surface area contributed by atoms with Crippen LogP contribution >= 0.6 is 28.1 Å². The Bertz CT molecular complexity index is 900. The van der Waals surface area contributed by atoms with E-state index in [-0.39, 0.29) is 5.91 Å². The minimum Gasteiger partial charge on any atom is -0.336 e. The van der Waals surface area contributed by atoms with Crippen molar-refractivity contribution in [1.29, 1.82) is 0 Å². The first-order chi connectivity index (χ1) is 11.6. The minimum absolute atomic E-state index is 0.0888. The van der Waals surface area contributed by atoms with Gasteiger partial charge in [0.05, 0.1) is 0 Å². The van der Waals surface area contributed by atoms with Crippen LogP contribution in [0.25, 0.3) is 5.69 Å². The first-order valence-electron chi connectivity index (χ1n) is 7.42. The molecule has 0 spiro atoms. The lowest BCUT2D eigenvalue weighted by atomic mass is 10.2. The highest BCUT2D eigenvalue weighted by Crippen LogP contribution is 2.16. The van der Waals surface area contributed by atoms with E-state index in [9.17, 15) is 4.79 Å². The molecule has 3 rings (SSSR count). The zero-order chi connectivity index (χ0) is 17.1. The molecule has 0 atom stereocenters. The standard InChI is InChI=1S/C18H16BrN3OS/c1-21(12-13-7-9-14(19)10-8-13)17(23)16-11-20-18(24)22(16)15-5-3-2-4-6-15/h2-11H,12H2,1H3,(H,20,24). The van der Waals surface area contributed by atoms with E-state index in [1.807, 2.05) is 54.6 Å². The van der Waals surface area contributed by atoms with Gasteiger partial charge in [0.25, 0.3) is 5.91 Å². The van der Waals surface area contributed by atoms with Gasteiger partial charge in [0.2, 0.25) is 0 Å². The zero-order valence-corrected chi connectivity index (χ0v) is 15.5. The highest BCUT2D eigenvalue weighted by Gasteiger charge is 2.18. The van der Waals surface area contributed by atoms with Crippen molar-refractivity contribution in [3.63, 3.8) is 0 Å². The molecule has 0 unspecified atom stereocenters. The van der Waals surface area contributed by atoms with Gasteiger partial charge >= 0.3 is 0 Å². The molecule has 6 heteroatoms. The van der Waals surface area contributed by atoms with Crippen LogP contribution in [0.15, 0.2) is 65.3 Å². The van der Waals surface area contributed by atoms with Crippen molar-refractivity contribution in [2.24, 2.45) is 0 Å². The highest BCUT2D eigenvalue weighted by atomic mass is 79.9. The van der Waals surface area contributed by atoms with Gasteiger partial charge in [-0.15, -0.1) is 0 Å². The fourth-order valence-electron chi connectivity index (χ4n) is 2.49. The van der Waals surface area contributed by atoms with Crippen molar-refractivity contribution < 1.29 is 4.79 Å². The number of imidazole rings is 1. The second-order valence-electron chi connectivity index (χ2n) is 5.44. The van der Waals surface area contributed by atoms with E-state index in [0.717, 1.165) is 15.7 Å². The van der Waals surface area contributed by atoms with Crippen LogP contribution in [0.3, 0.4) is 0 Å². The largest absolute Gasteiger partial charge is 0.336 e. The number of rotatable bonds is 4. The van der Waals surface area contributed by atoms with E-state index in [2.05, 4.69) is 20.9 Å². The molecule has 0 saturated heterocycles. The van der Waals surface area contributed by atoms with E-state index in [1.54, 1.807) is 22.7 Å². The summed E-state index contributed by atoms with van der Waals surface area (Å²) in [5.74, 6) is -0.0888. The Balaban J connectivity index is 1.88. The summed E-state index contributed by atoms with van der Waals surface area (Å²) >= 11 is 8.75. The molecule has 0 bridgehead atoms. The molecular formula is C18H16BrN3OS. The molecule has 3 aromatic rings. The number of benzene rings is 2. The Morgan fingerprint density at radius 2 is 1.83 bits per heavy atom. The van der Waals surface area contributed by atoms with Gasteiger partial charge in [-0.05, 0) is 42.0 Å². The third-order valence-corrected chi connectivity index (χ3v) is 4.52. The number of carbonyl (C=O) groups excluding carboxylic acids is 1. The van der Waals surface area contributed by atoms with E-state index in [0.29, 0.717) is 17.0 Å². The number of nitrogens with zero attached hydrogens (tertiary/aromatic N) is 2. The van der Waals surface area contributed by atoms with Crippen LogP contribution < -0.4 is 0 Å². The van der Waals surface area contributed by atoms with Gasteiger partial charge in [0.1, 0.15) is 5.69 Å². The van der Waals surface area contributed by atoms with Crippen molar-refractivity contribution in [3.8, 4) is 5.69 Å². The van der Waals surface area contributed by atoms with Gasteiger partial charge in [-0.3, -0.25) is 9.36 Å². The number of nitrogens with one attached hydrogen (secondary N) is 1. The maximum Gasteiger partial charge on any atom is 0.272 e. The molecule has 1 aromatic heterocycles. The lowest BCUT2D eigenvalue weighted by Crippen LogP contribution is -2.28. The van der Waals surface area contributed by atoms with E-state index < -0.39 is 0 Å². The topological polar surface area (TPSA) is 41.0 Å². The summed E-state index contributed by atoms with van der Waals surface area (Å²) in [4.78, 5) is 17.5. The van der Waals surface area contributed by atoms with Gasteiger partial charge in [-0.25, -0.2) is 0 Å². The fourth-order valence-corrected chi connectivity index (χ4v) is 3.02. The Hall–Kier alpha value is -2.18. The van der Waals surface area contributed by atoms with Crippen LogP contribution in [0.1, 0.15) is 16.1 Å². The highest BCUT2D eigenvalue weighted by molar-refractivity contribution is 9.10. The molecule has 1 amide bonds. The zero-order valence-electron chi connectivity index (χ0n) is 13.1. The molecule has 0 radical (unpaired) electrons. The molecule has 4 nitrogen and oxygen atoms in total. The number of H-pyrrole nitrogens is 1. The Labute approximate surface area is 153 Å². The Morgan fingerprint density at radius 1 is 1.17 bits per heavy atom. The molecule has 0 aliphatic rings. The molecule has 1 N–H and O–H groups in total. The quantitative estimate of drug-likeness (QED) is 0.650. The van der Waals surface area contributed by atoms with Crippen LogP contribution in [0.5, 0.6) is 0 Å². The van der Waals surface area contributed by atoms with E-state index in [1.165, 1.54) is 0 Å². The van der Waals surface area contributed by atoms with Crippen molar-refractivity contribution in [3.05, 3.63) is 81.3 Å². The molecule has 0 fully saturated rings. The molecule has 24 heavy (non-hydrogen) atoms. The normalized spacial score (nSPS) is 10.6. The summed E-state index contributed by atoms with van der Waals surface area (Å²) in [5, 5.41) is 0. The SMILES string of the molecule is CN(Cc1ccc(Br)cc1)C(=O)c1c[nH]c(=S)n1-c1ccccc1. The number of halogens is 1. The van der Waals surface area contributed by atoms with Crippen LogP contribution in [0.4, 0.5) is 0 Å². The van der Waals surface area contributed by atoms with Crippen molar-refractivity contribution >= 4 is 34.1 Å². The lowest BCUT2D eigenvalue weighted by Gasteiger charge is -2.18. The number of para-hydroxylation sites is 1. The number of hydrogen-bond acceptors (Lipinski definition) is 2. The first-order valence-corrected chi connectivity index (χ1v) is 8.62. The van der Waals surface area contributed by atoms with Crippen molar-refractivity contribution in [1.82, 2.24) is 14.5 Å². The third kappa shape index (κ3) is 3.49. The van der Waals surface area contributed by atoms with E-state index in [4.69, 9.17) is 12.2 Å². The van der Waals surface area contributed by atoms with Crippen LogP contribution in [0.2, 0.25) is 0 Å². The minimum atomic E-state index is -0.0888. The smallest absolute Gasteiger partial charge is 0.272 e. The maximum absolute atomic E-state index is 12.9. The molecule has 0 aliphatic carbocycles. The molecule has 1 heterocycles. The summed E-state index contributed by atoms with van der Waals surface area (Å²) in [6.45, 7) is 0.527. The summed E-state index contributed by atoms with van der Waals surface area (Å²) in [5.41, 5.74) is 2.45. The Morgan fingerprint density at radius 3 is 2.50 bits per heavy atom. The first kappa shape index (κ1) is 16.7. The molecule has 122 valence electrons. The van der Waals surface area contributed by atoms with Crippen molar-refractivity contribution in [2.75, 3.05) is 7.05 Å². The summed E-state index contributed by atoms with van der Waals surface area (Å²) in [7, 11) is 1.79. The number of amides is 1. The summed E-state index contributed by atoms with van der Waals surface area (Å²) in [6, 6.07) is 17.5. The number of hydrogen-bond donors (Lipinski definition) is 1. The summed E-state index contributed by atoms with van der Waals surface area (Å²) in [6.07, 6.45) is 1.66. The number of carbonyl (C=O) groups is 1. The van der Waals surface area contributed by atoms with Gasteiger partial charge < -0.3 is 9.88 Å². The van der Waals surface area contributed by atoms with Crippen LogP contribution in [-0.4, -0.2) is 27.4 Å². The molecular weight excluding hydrogens is 386 g/mol. The average molecular weight is 402 g/mol. The van der Waals surface area contributed by atoms with Crippen LogP contribution in [0, 0.1) is 4.77 Å². The molecule has 0 saturated carbocycles. The second kappa shape index (κ2) is 7.15. The monoisotopic (exact) mass is 401 g/mol. The van der Waals surface area contributed by atoms with Crippen molar-refractivity contribution in [2.45, 2.75) is 6.54 Å². The lowest BCUT2D eigenvalue weighted by molar-refractivity contribution is 0.0777. The number of aromatic amines is 1. The average Bonchev–Trinajstić information content (AvgIpc) is 2.98. The van der Waals surface area contributed by atoms with E-state index >= 15 is 0 Å².